The second-order valence-corrected chi connectivity index (χ2v) is 2.21. The Hall–Kier alpha value is -0.550. The summed E-state index contributed by atoms with van der Waals surface area (Å²) in [5.74, 6) is -0.789. The highest BCUT2D eigenvalue weighted by atomic mass is 32.1. The van der Waals surface area contributed by atoms with Crippen molar-refractivity contribution in [2.75, 3.05) is 12.3 Å². The highest BCUT2D eigenvalue weighted by Crippen LogP contribution is 1.87. The molecule has 0 rings (SSSR count). The molecule has 0 amide bonds. The van der Waals surface area contributed by atoms with Gasteiger partial charge in [-0.05, 0) is 6.08 Å². The zero-order chi connectivity index (χ0) is 8.69. The van der Waals surface area contributed by atoms with Crippen LogP contribution in [-0.4, -0.2) is 29.4 Å². The Bertz CT molecular complexity index is 152. The number of carboxylic acids is 1. The van der Waals surface area contributed by atoms with Crippen molar-refractivity contribution in [1.82, 2.24) is 5.32 Å². The van der Waals surface area contributed by atoms with Crippen LogP contribution in [0.3, 0.4) is 0 Å². The van der Waals surface area contributed by atoms with Gasteiger partial charge in [0.1, 0.15) is 6.04 Å². The van der Waals surface area contributed by atoms with Crippen molar-refractivity contribution in [1.29, 1.82) is 0 Å². The lowest BCUT2D eigenvalue weighted by atomic mass is 10.3. The zero-order valence-electron chi connectivity index (χ0n) is 5.83. The van der Waals surface area contributed by atoms with E-state index in [0.29, 0.717) is 6.33 Å². The summed E-state index contributed by atoms with van der Waals surface area (Å²) in [6, 6.07) is -0.713. The van der Waals surface area contributed by atoms with Gasteiger partial charge in [-0.15, -0.1) is 0 Å². The van der Waals surface area contributed by atoms with Gasteiger partial charge >= 0.3 is 5.97 Å². The van der Waals surface area contributed by atoms with Crippen molar-refractivity contribution >= 4 is 18.6 Å². The van der Waals surface area contributed by atoms with Crippen LogP contribution in [0.2, 0.25) is 0 Å². The average Bonchev–Trinajstić information content (AvgIpc) is 1.97. The standard InChI is InChI=1S/C6H10FNO2S/c7-2-1-3-8-5(4-11)6(9)10/h1-2,5,8,11H,3-4H2,(H,9,10)/t5-/m0/s1. The van der Waals surface area contributed by atoms with Gasteiger partial charge in [0.25, 0.3) is 0 Å². The predicted molar refractivity (Wildman–Crippen MR) is 43.5 cm³/mol. The van der Waals surface area contributed by atoms with Gasteiger partial charge < -0.3 is 10.4 Å². The van der Waals surface area contributed by atoms with Crippen molar-refractivity contribution in [2.24, 2.45) is 0 Å². The van der Waals surface area contributed by atoms with Crippen molar-refractivity contribution in [2.45, 2.75) is 6.04 Å². The van der Waals surface area contributed by atoms with Gasteiger partial charge in [0, 0.05) is 12.3 Å². The van der Waals surface area contributed by atoms with Crippen LogP contribution in [-0.2, 0) is 4.79 Å². The number of hydrogen-bond acceptors (Lipinski definition) is 3. The Kier molecular flexibility index (Phi) is 5.87. The lowest BCUT2D eigenvalue weighted by Crippen LogP contribution is -2.38. The van der Waals surface area contributed by atoms with E-state index in [9.17, 15) is 9.18 Å². The summed E-state index contributed by atoms with van der Waals surface area (Å²) in [5, 5.41) is 11.0. The minimum atomic E-state index is -0.979. The highest BCUT2D eigenvalue weighted by Gasteiger charge is 2.12. The highest BCUT2D eigenvalue weighted by molar-refractivity contribution is 7.80. The number of nitrogens with one attached hydrogen (secondary N) is 1. The van der Waals surface area contributed by atoms with Crippen LogP contribution >= 0.6 is 12.6 Å². The molecule has 11 heavy (non-hydrogen) atoms. The van der Waals surface area contributed by atoms with Gasteiger partial charge in [-0.1, -0.05) is 0 Å². The first-order valence-electron chi connectivity index (χ1n) is 3.04. The van der Waals surface area contributed by atoms with Crippen LogP contribution in [0.1, 0.15) is 0 Å². The maximum Gasteiger partial charge on any atom is 0.321 e. The van der Waals surface area contributed by atoms with E-state index >= 15 is 0 Å². The molecule has 0 bridgehead atoms. The maximum absolute atomic E-state index is 11.4. The molecule has 0 aromatic carbocycles. The Balaban J connectivity index is 3.61. The average molecular weight is 179 g/mol. The van der Waals surface area contributed by atoms with Gasteiger partial charge in [-0.2, -0.15) is 12.6 Å². The van der Waals surface area contributed by atoms with Gasteiger partial charge in [-0.3, -0.25) is 4.79 Å². The van der Waals surface area contributed by atoms with Crippen LogP contribution in [0, 0.1) is 0 Å². The molecule has 1 atom stereocenters. The van der Waals surface area contributed by atoms with E-state index in [1.54, 1.807) is 0 Å². The van der Waals surface area contributed by atoms with Crippen molar-refractivity contribution in [3.63, 3.8) is 0 Å². The van der Waals surface area contributed by atoms with Crippen molar-refractivity contribution in [3.05, 3.63) is 12.4 Å². The summed E-state index contributed by atoms with van der Waals surface area (Å²) in [6.07, 6.45) is 1.56. The molecule has 0 unspecified atom stereocenters. The quantitative estimate of drug-likeness (QED) is 0.537. The third-order valence-corrected chi connectivity index (χ3v) is 1.42. The summed E-state index contributed by atoms with van der Waals surface area (Å²) in [6.45, 7) is 0.202. The van der Waals surface area contributed by atoms with Crippen LogP contribution in [0.15, 0.2) is 12.4 Å². The fourth-order valence-corrected chi connectivity index (χ4v) is 0.770. The second-order valence-electron chi connectivity index (χ2n) is 1.84. The Morgan fingerprint density at radius 2 is 2.45 bits per heavy atom. The van der Waals surface area contributed by atoms with Crippen molar-refractivity contribution < 1.29 is 14.3 Å². The summed E-state index contributed by atoms with van der Waals surface area (Å²) < 4.78 is 11.4. The summed E-state index contributed by atoms with van der Waals surface area (Å²) in [4.78, 5) is 10.3. The van der Waals surface area contributed by atoms with E-state index in [1.165, 1.54) is 6.08 Å². The molecule has 0 heterocycles. The molecule has 3 nitrogen and oxygen atoms in total. The third-order valence-electron chi connectivity index (χ3n) is 1.05. The van der Waals surface area contributed by atoms with E-state index < -0.39 is 12.0 Å². The number of thiol groups is 1. The van der Waals surface area contributed by atoms with Crippen LogP contribution in [0.25, 0.3) is 0 Å². The first-order chi connectivity index (χ1) is 5.22. The topological polar surface area (TPSA) is 49.3 Å². The first kappa shape index (κ1) is 10.4. The predicted octanol–water partition coefficient (Wildman–Crippen LogP) is 0.442. The van der Waals surface area contributed by atoms with Crippen LogP contribution in [0.4, 0.5) is 4.39 Å². The van der Waals surface area contributed by atoms with Gasteiger partial charge in [0.05, 0.1) is 6.33 Å². The molecule has 2 N–H and O–H groups in total. The molecule has 0 radical (unpaired) electrons. The van der Waals surface area contributed by atoms with Gasteiger partial charge in [0.15, 0.2) is 0 Å². The van der Waals surface area contributed by atoms with Gasteiger partial charge in [0.2, 0.25) is 0 Å². The molecule has 0 aliphatic rings. The molecule has 0 aromatic heterocycles. The number of aliphatic carboxylic acids is 1. The molecule has 0 aliphatic heterocycles. The van der Waals surface area contributed by atoms with E-state index in [-0.39, 0.29) is 12.3 Å². The number of rotatable bonds is 5. The third kappa shape index (κ3) is 4.80. The van der Waals surface area contributed by atoms with Gasteiger partial charge in [-0.25, -0.2) is 4.39 Å². The smallest absolute Gasteiger partial charge is 0.321 e. The fourth-order valence-electron chi connectivity index (χ4n) is 0.485. The first-order valence-corrected chi connectivity index (χ1v) is 3.68. The normalized spacial score (nSPS) is 13.6. The molecule has 0 aromatic rings. The molecule has 0 saturated carbocycles. The minimum absolute atomic E-state index is 0.190. The minimum Gasteiger partial charge on any atom is -0.480 e. The van der Waals surface area contributed by atoms with Crippen LogP contribution in [0.5, 0.6) is 0 Å². The van der Waals surface area contributed by atoms with E-state index in [1.807, 2.05) is 0 Å². The summed E-state index contributed by atoms with van der Waals surface area (Å²) in [5.41, 5.74) is 0. The summed E-state index contributed by atoms with van der Waals surface area (Å²) in [7, 11) is 0. The molecule has 0 saturated heterocycles. The molecule has 5 heteroatoms. The molecule has 64 valence electrons. The molecular formula is C6H10FNO2S. The Morgan fingerprint density at radius 3 is 2.82 bits per heavy atom. The zero-order valence-corrected chi connectivity index (χ0v) is 6.72. The maximum atomic E-state index is 11.4. The Morgan fingerprint density at radius 1 is 1.82 bits per heavy atom. The lowest BCUT2D eigenvalue weighted by molar-refractivity contribution is -0.138. The molecular weight excluding hydrogens is 169 g/mol. The number of carbonyl (C=O) groups is 1. The van der Waals surface area contributed by atoms with Crippen molar-refractivity contribution in [3.8, 4) is 0 Å². The fraction of sp³-hybridized carbons (Fsp3) is 0.500. The molecule has 0 fully saturated rings. The van der Waals surface area contributed by atoms with Crippen LogP contribution < -0.4 is 5.32 Å². The molecule has 0 spiro atoms. The summed E-state index contributed by atoms with van der Waals surface area (Å²) >= 11 is 3.80. The number of halogens is 1. The SMILES string of the molecule is O=C(O)[C@H](CS)NCC=CF. The Labute approximate surface area is 69.7 Å². The lowest BCUT2D eigenvalue weighted by Gasteiger charge is -2.08. The monoisotopic (exact) mass is 179 g/mol. The van der Waals surface area contributed by atoms with E-state index in [2.05, 4.69) is 17.9 Å². The second kappa shape index (κ2) is 6.18. The largest absolute Gasteiger partial charge is 0.480 e. The van der Waals surface area contributed by atoms with E-state index in [4.69, 9.17) is 5.11 Å². The molecule has 0 aliphatic carbocycles. The number of hydrogen-bond donors (Lipinski definition) is 3. The van der Waals surface area contributed by atoms with E-state index in [0.717, 1.165) is 0 Å². The number of carboxylic acid groups (broad SMARTS) is 1.